The first kappa shape index (κ1) is 29.6. The van der Waals surface area contributed by atoms with E-state index in [9.17, 15) is 14.4 Å². The van der Waals surface area contributed by atoms with Crippen molar-refractivity contribution in [3.8, 4) is 0 Å². The Bertz CT molecular complexity index is 713. The number of nitrogens with one attached hydrogen (secondary N) is 1. The lowest BCUT2D eigenvalue weighted by Gasteiger charge is -2.20. The molecular formula is C27H44N2O5. The van der Waals surface area contributed by atoms with Crippen molar-refractivity contribution in [3.05, 3.63) is 35.4 Å². The molecule has 0 aliphatic rings. The minimum atomic E-state index is -0.335. The highest BCUT2D eigenvalue weighted by Gasteiger charge is 2.16. The Hall–Kier alpha value is -2.41. The summed E-state index contributed by atoms with van der Waals surface area (Å²) < 4.78 is 9.99. The molecular weight excluding hydrogens is 432 g/mol. The van der Waals surface area contributed by atoms with Crippen LogP contribution in [0.3, 0.4) is 0 Å². The molecule has 1 atom stereocenters. The van der Waals surface area contributed by atoms with Crippen LogP contribution in [-0.2, 0) is 30.3 Å². The quantitative estimate of drug-likeness (QED) is 0.269. The minimum absolute atomic E-state index is 0.0478. The molecule has 34 heavy (non-hydrogen) atoms. The standard InChI is InChI=1S/C27H44N2O5/c1-6-33-25(30)19-29(20-26(31)34-7-2)17-11-9-8-10-16-28-27(32)22(5)24-14-12-23(13-15-24)18-21(3)4/h12-15,21-22H,6-11,16-20H2,1-5H3,(H,28,32)/t22-/m0/s1. The number of hydrogen-bond acceptors (Lipinski definition) is 6. The lowest BCUT2D eigenvalue weighted by Crippen LogP contribution is -2.36. The molecule has 0 aliphatic heterocycles. The van der Waals surface area contributed by atoms with Gasteiger partial charge in [-0.2, -0.15) is 0 Å². The first-order valence-corrected chi connectivity index (χ1v) is 12.7. The number of ether oxygens (including phenoxy) is 2. The van der Waals surface area contributed by atoms with Crippen LogP contribution in [0.2, 0.25) is 0 Å². The monoisotopic (exact) mass is 476 g/mol. The second-order valence-corrected chi connectivity index (χ2v) is 9.09. The number of esters is 2. The van der Waals surface area contributed by atoms with Crippen molar-refractivity contribution in [2.45, 2.75) is 72.6 Å². The first-order chi connectivity index (χ1) is 16.3. The van der Waals surface area contributed by atoms with Crippen molar-refractivity contribution in [2.24, 2.45) is 5.92 Å². The Labute approximate surface area is 205 Å². The molecule has 7 nitrogen and oxygen atoms in total. The van der Waals surface area contributed by atoms with Crippen LogP contribution in [0.25, 0.3) is 0 Å². The van der Waals surface area contributed by atoms with Crippen LogP contribution in [0.4, 0.5) is 0 Å². The summed E-state index contributed by atoms with van der Waals surface area (Å²) in [6.45, 7) is 11.9. The topological polar surface area (TPSA) is 84.9 Å². The van der Waals surface area contributed by atoms with Crippen LogP contribution in [0, 0.1) is 5.92 Å². The van der Waals surface area contributed by atoms with Gasteiger partial charge in [-0.15, -0.1) is 0 Å². The molecule has 0 radical (unpaired) electrons. The number of hydrogen-bond donors (Lipinski definition) is 1. The Morgan fingerprint density at radius 2 is 1.41 bits per heavy atom. The molecule has 1 rings (SSSR count). The van der Waals surface area contributed by atoms with Gasteiger partial charge in [-0.3, -0.25) is 19.3 Å². The van der Waals surface area contributed by atoms with E-state index < -0.39 is 0 Å². The molecule has 1 N–H and O–H groups in total. The van der Waals surface area contributed by atoms with Gasteiger partial charge in [0.1, 0.15) is 0 Å². The normalized spacial score (nSPS) is 12.0. The predicted molar refractivity (Wildman–Crippen MR) is 135 cm³/mol. The second-order valence-electron chi connectivity index (χ2n) is 9.09. The Morgan fingerprint density at radius 3 is 1.94 bits per heavy atom. The summed E-state index contributed by atoms with van der Waals surface area (Å²) in [6, 6.07) is 8.35. The van der Waals surface area contributed by atoms with Crippen LogP contribution in [0.15, 0.2) is 24.3 Å². The summed E-state index contributed by atoms with van der Waals surface area (Å²) >= 11 is 0. The Balaban J connectivity index is 2.30. The number of amides is 1. The van der Waals surface area contributed by atoms with Gasteiger partial charge < -0.3 is 14.8 Å². The van der Waals surface area contributed by atoms with Gasteiger partial charge in [0.2, 0.25) is 5.91 Å². The van der Waals surface area contributed by atoms with E-state index >= 15 is 0 Å². The number of carbonyl (C=O) groups excluding carboxylic acids is 3. The van der Waals surface area contributed by atoms with Crippen LogP contribution < -0.4 is 5.32 Å². The van der Waals surface area contributed by atoms with Crippen LogP contribution >= 0.6 is 0 Å². The average molecular weight is 477 g/mol. The van der Waals surface area contributed by atoms with Gasteiger partial charge in [0.15, 0.2) is 0 Å². The maximum atomic E-state index is 12.5. The van der Waals surface area contributed by atoms with Crippen LogP contribution in [-0.4, -0.2) is 62.1 Å². The van der Waals surface area contributed by atoms with E-state index in [-0.39, 0.29) is 36.9 Å². The highest BCUT2D eigenvalue weighted by Crippen LogP contribution is 2.17. The molecule has 7 heteroatoms. The largest absolute Gasteiger partial charge is 0.465 e. The van der Waals surface area contributed by atoms with E-state index in [1.165, 1.54) is 5.56 Å². The second kappa shape index (κ2) is 17.1. The van der Waals surface area contributed by atoms with E-state index in [1.807, 2.05) is 6.92 Å². The fourth-order valence-corrected chi connectivity index (χ4v) is 3.74. The molecule has 0 saturated heterocycles. The van der Waals surface area contributed by atoms with E-state index in [1.54, 1.807) is 18.7 Å². The Morgan fingerprint density at radius 1 is 0.853 bits per heavy atom. The van der Waals surface area contributed by atoms with Crippen molar-refractivity contribution in [3.63, 3.8) is 0 Å². The number of nitrogens with zero attached hydrogens (tertiary/aromatic N) is 1. The van der Waals surface area contributed by atoms with Gasteiger partial charge in [0, 0.05) is 6.54 Å². The lowest BCUT2D eigenvalue weighted by molar-refractivity contribution is -0.148. The van der Waals surface area contributed by atoms with Gasteiger partial charge in [0.05, 0.1) is 32.2 Å². The smallest absolute Gasteiger partial charge is 0.320 e. The first-order valence-electron chi connectivity index (χ1n) is 12.7. The number of unbranched alkanes of at least 4 members (excludes halogenated alkanes) is 3. The number of rotatable bonds is 17. The third-order valence-electron chi connectivity index (χ3n) is 5.53. The molecule has 1 aromatic rings. The van der Waals surface area contributed by atoms with Crippen molar-refractivity contribution < 1.29 is 23.9 Å². The molecule has 0 aliphatic carbocycles. The van der Waals surface area contributed by atoms with Crippen molar-refractivity contribution in [2.75, 3.05) is 39.4 Å². The van der Waals surface area contributed by atoms with Crippen molar-refractivity contribution in [1.29, 1.82) is 0 Å². The summed E-state index contributed by atoms with van der Waals surface area (Å²) in [7, 11) is 0. The van der Waals surface area contributed by atoms with Gasteiger partial charge in [0.25, 0.3) is 0 Å². The third-order valence-corrected chi connectivity index (χ3v) is 5.53. The minimum Gasteiger partial charge on any atom is -0.465 e. The molecule has 1 aromatic carbocycles. The van der Waals surface area contributed by atoms with Crippen molar-refractivity contribution in [1.82, 2.24) is 10.2 Å². The number of carbonyl (C=O) groups is 3. The zero-order valence-corrected chi connectivity index (χ0v) is 21.7. The SMILES string of the molecule is CCOC(=O)CN(CCCCCCNC(=O)[C@@H](C)c1ccc(CC(C)C)cc1)CC(=O)OCC. The van der Waals surface area contributed by atoms with Gasteiger partial charge in [-0.1, -0.05) is 51.0 Å². The molecule has 0 aromatic heterocycles. The molecule has 0 heterocycles. The lowest BCUT2D eigenvalue weighted by atomic mass is 9.96. The van der Waals surface area contributed by atoms with E-state index in [2.05, 4.69) is 43.4 Å². The van der Waals surface area contributed by atoms with Gasteiger partial charge in [-0.05, 0) is 63.6 Å². The van der Waals surface area contributed by atoms with E-state index in [0.29, 0.717) is 32.2 Å². The summed E-state index contributed by atoms with van der Waals surface area (Å²) in [4.78, 5) is 37.8. The van der Waals surface area contributed by atoms with Gasteiger partial charge >= 0.3 is 11.9 Å². The molecule has 0 saturated carbocycles. The average Bonchev–Trinajstić information content (AvgIpc) is 2.78. The third kappa shape index (κ3) is 12.7. The highest BCUT2D eigenvalue weighted by molar-refractivity contribution is 5.83. The zero-order chi connectivity index (χ0) is 25.3. The summed E-state index contributed by atoms with van der Waals surface area (Å²) in [5.74, 6) is -0.180. The highest BCUT2D eigenvalue weighted by atomic mass is 16.5. The summed E-state index contributed by atoms with van der Waals surface area (Å²) in [5.41, 5.74) is 2.34. The molecule has 0 unspecified atom stereocenters. The zero-order valence-electron chi connectivity index (χ0n) is 21.7. The molecule has 0 bridgehead atoms. The van der Waals surface area contributed by atoms with Crippen LogP contribution in [0.1, 0.15) is 77.3 Å². The molecule has 1 amide bonds. The summed E-state index contributed by atoms with van der Waals surface area (Å²) in [5, 5.41) is 3.04. The maximum absolute atomic E-state index is 12.5. The Kier molecular flexibility index (Phi) is 14.9. The molecule has 0 fully saturated rings. The summed E-state index contributed by atoms with van der Waals surface area (Å²) in [6.07, 6.45) is 4.70. The predicted octanol–water partition coefficient (Wildman–Crippen LogP) is 4.09. The number of benzene rings is 1. The fraction of sp³-hybridized carbons (Fsp3) is 0.667. The molecule has 192 valence electrons. The van der Waals surface area contributed by atoms with Gasteiger partial charge in [-0.25, -0.2) is 0 Å². The fourth-order valence-electron chi connectivity index (χ4n) is 3.74. The van der Waals surface area contributed by atoms with E-state index in [4.69, 9.17) is 9.47 Å². The van der Waals surface area contributed by atoms with Crippen molar-refractivity contribution >= 4 is 17.8 Å². The van der Waals surface area contributed by atoms with E-state index in [0.717, 1.165) is 37.7 Å². The molecule has 0 spiro atoms. The van der Waals surface area contributed by atoms with Crippen LogP contribution in [0.5, 0.6) is 0 Å². The maximum Gasteiger partial charge on any atom is 0.320 e.